The van der Waals surface area contributed by atoms with Crippen molar-refractivity contribution < 1.29 is 18.0 Å². The summed E-state index contributed by atoms with van der Waals surface area (Å²) in [5.41, 5.74) is 6.81. The van der Waals surface area contributed by atoms with Crippen molar-refractivity contribution in [2.24, 2.45) is 5.73 Å². The molecule has 3 rings (SSSR count). The van der Waals surface area contributed by atoms with E-state index >= 15 is 0 Å². The number of nitrogens with two attached hydrogens (primary N) is 1. The highest BCUT2D eigenvalue weighted by molar-refractivity contribution is 7.89. The van der Waals surface area contributed by atoms with Crippen LogP contribution < -0.4 is 15.8 Å². The average Bonchev–Trinajstić information content (AvgIpc) is 3.28. The molecule has 13 heteroatoms. The number of likely N-dealkylation sites (tertiary alicyclic amines) is 1. The first-order valence-electron chi connectivity index (χ1n) is 10.1. The van der Waals surface area contributed by atoms with Crippen LogP contribution in [0.3, 0.4) is 0 Å². The monoisotopic (exact) mass is 545 g/mol. The lowest BCUT2D eigenvalue weighted by molar-refractivity contribution is -0.137. The third-order valence-electron chi connectivity index (χ3n) is 5.29. The Labute approximate surface area is 212 Å². The van der Waals surface area contributed by atoms with Crippen molar-refractivity contribution >= 4 is 62.5 Å². The second-order valence-corrected chi connectivity index (χ2v) is 10.6. The van der Waals surface area contributed by atoms with Crippen molar-refractivity contribution in [1.82, 2.24) is 14.9 Å². The number of carbonyl (C=O) groups excluding carboxylic acids is 2. The molecule has 9 nitrogen and oxygen atoms in total. The number of rotatable bonds is 8. The second-order valence-electron chi connectivity index (χ2n) is 7.59. The van der Waals surface area contributed by atoms with Gasteiger partial charge in [-0.15, -0.1) is 0 Å². The second kappa shape index (κ2) is 10.9. The van der Waals surface area contributed by atoms with Gasteiger partial charge in [-0.2, -0.15) is 0 Å². The average molecular weight is 547 g/mol. The van der Waals surface area contributed by atoms with E-state index in [0.717, 1.165) is 11.6 Å². The Morgan fingerprint density at radius 1 is 1.09 bits per heavy atom. The Hall–Kier alpha value is -2.37. The SMILES string of the molecule is N=C(N)c1ccc(CNC(=O)[C@@H]2CCCN2C(=O)CNS(=O)(=O)c2cc(Cl)c(Cl)cc2Cl)cc1. The van der Waals surface area contributed by atoms with Crippen LogP contribution in [0.1, 0.15) is 24.0 Å². The maximum atomic E-state index is 12.7. The van der Waals surface area contributed by atoms with E-state index in [9.17, 15) is 18.0 Å². The minimum Gasteiger partial charge on any atom is -0.384 e. The van der Waals surface area contributed by atoms with Gasteiger partial charge in [-0.3, -0.25) is 15.0 Å². The molecule has 0 bridgehead atoms. The van der Waals surface area contributed by atoms with E-state index in [0.29, 0.717) is 24.9 Å². The number of carbonyl (C=O) groups is 2. The van der Waals surface area contributed by atoms with E-state index in [1.807, 2.05) is 0 Å². The van der Waals surface area contributed by atoms with Crippen LogP contribution in [0, 0.1) is 5.41 Å². The molecule has 5 N–H and O–H groups in total. The highest BCUT2D eigenvalue weighted by atomic mass is 35.5. The van der Waals surface area contributed by atoms with Crippen LogP contribution in [0.5, 0.6) is 0 Å². The van der Waals surface area contributed by atoms with Gasteiger partial charge in [-0.1, -0.05) is 59.1 Å². The fourth-order valence-electron chi connectivity index (χ4n) is 3.49. The van der Waals surface area contributed by atoms with Crippen molar-refractivity contribution in [3.05, 3.63) is 62.6 Å². The van der Waals surface area contributed by atoms with Gasteiger partial charge in [0.05, 0.1) is 21.6 Å². The van der Waals surface area contributed by atoms with Crippen molar-refractivity contribution in [3.63, 3.8) is 0 Å². The third kappa shape index (κ3) is 6.19. The molecular weight excluding hydrogens is 525 g/mol. The molecule has 0 aliphatic carbocycles. The first-order chi connectivity index (χ1) is 16.0. The quantitative estimate of drug-likeness (QED) is 0.228. The number of hydrogen-bond donors (Lipinski definition) is 4. The van der Waals surface area contributed by atoms with Crippen LogP contribution in [0.25, 0.3) is 0 Å². The van der Waals surface area contributed by atoms with E-state index in [1.54, 1.807) is 24.3 Å². The van der Waals surface area contributed by atoms with Crippen molar-refractivity contribution in [2.75, 3.05) is 13.1 Å². The smallest absolute Gasteiger partial charge is 0.243 e. The van der Waals surface area contributed by atoms with Gasteiger partial charge in [-0.25, -0.2) is 13.1 Å². The Morgan fingerprint density at radius 2 is 1.74 bits per heavy atom. The molecule has 1 heterocycles. The molecular formula is C21H22Cl3N5O4S. The van der Waals surface area contributed by atoms with Gasteiger partial charge in [0.2, 0.25) is 21.8 Å². The summed E-state index contributed by atoms with van der Waals surface area (Å²) in [6, 6.07) is 8.46. The summed E-state index contributed by atoms with van der Waals surface area (Å²) in [4.78, 5) is 26.5. The lowest BCUT2D eigenvalue weighted by Gasteiger charge is -2.24. The molecule has 0 aromatic heterocycles. The molecule has 0 saturated carbocycles. The largest absolute Gasteiger partial charge is 0.384 e. The number of nitrogens with one attached hydrogen (secondary N) is 3. The topological polar surface area (TPSA) is 145 Å². The highest BCUT2D eigenvalue weighted by Crippen LogP contribution is 2.31. The molecule has 1 saturated heterocycles. The lowest BCUT2D eigenvalue weighted by Crippen LogP contribution is -2.48. The zero-order chi connectivity index (χ0) is 25.0. The molecule has 0 spiro atoms. The van der Waals surface area contributed by atoms with Crippen LogP contribution >= 0.6 is 34.8 Å². The van der Waals surface area contributed by atoms with Crippen molar-refractivity contribution in [1.29, 1.82) is 5.41 Å². The molecule has 1 aliphatic rings. The van der Waals surface area contributed by atoms with Gasteiger partial charge in [0.1, 0.15) is 16.8 Å². The predicted octanol–water partition coefficient (Wildman–Crippen LogP) is 2.52. The molecule has 0 unspecified atom stereocenters. The molecule has 2 aromatic carbocycles. The highest BCUT2D eigenvalue weighted by Gasteiger charge is 2.34. The molecule has 1 fully saturated rings. The zero-order valence-corrected chi connectivity index (χ0v) is 20.9. The first kappa shape index (κ1) is 26.2. The zero-order valence-electron chi connectivity index (χ0n) is 17.8. The summed E-state index contributed by atoms with van der Waals surface area (Å²) in [7, 11) is -4.15. The molecule has 2 amide bonds. The number of benzene rings is 2. The van der Waals surface area contributed by atoms with Gasteiger partial charge in [-0.05, 0) is 30.5 Å². The van der Waals surface area contributed by atoms with E-state index < -0.39 is 28.5 Å². The minimum absolute atomic E-state index is 0.00461. The Balaban J connectivity index is 1.59. The number of hydrogen-bond acceptors (Lipinski definition) is 5. The number of sulfonamides is 1. The van der Waals surface area contributed by atoms with Gasteiger partial charge in [0.15, 0.2) is 0 Å². The summed E-state index contributed by atoms with van der Waals surface area (Å²) >= 11 is 17.7. The molecule has 1 atom stereocenters. The van der Waals surface area contributed by atoms with Crippen molar-refractivity contribution in [3.8, 4) is 0 Å². The summed E-state index contributed by atoms with van der Waals surface area (Å²) < 4.78 is 27.4. The van der Waals surface area contributed by atoms with E-state index in [2.05, 4.69) is 10.0 Å². The van der Waals surface area contributed by atoms with Crippen LogP contribution in [-0.2, 0) is 26.2 Å². The van der Waals surface area contributed by atoms with Gasteiger partial charge < -0.3 is 16.0 Å². The van der Waals surface area contributed by atoms with Crippen LogP contribution in [0.2, 0.25) is 15.1 Å². The summed E-state index contributed by atoms with van der Waals surface area (Å²) in [5.74, 6) is -0.923. The number of amidine groups is 1. The van der Waals surface area contributed by atoms with Crippen LogP contribution in [0.15, 0.2) is 41.3 Å². The number of amides is 2. The minimum atomic E-state index is -4.15. The Kier molecular flexibility index (Phi) is 8.43. The van der Waals surface area contributed by atoms with Gasteiger partial charge >= 0.3 is 0 Å². The standard InChI is InChI=1S/C21H22Cl3N5O4S/c22-14-8-16(24)18(9-15(14)23)34(32,33)28-11-19(30)29-7-1-2-17(29)21(31)27-10-12-3-5-13(6-4-12)20(25)26/h3-6,8-9,17,28H,1-2,7,10-11H2,(H3,25,26)(H,27,31)/t17-/m0/s1. The maximum absolute atomic E-state index is 12.7. The maximum Gasteiger partial charge on any atom is 0.243 e. The van der Waals surface area contributed by atoms with Gasteiger partial charge in [0.25, 0.3) is 0 Å². The van der Waals surface area contributed by atoms with Crippen molar-refractivity contribution in [2.45, 2.75) is 30.3 Å². The molecule has 1 aliphatic heterocycles. The summed E-state index contributed by atoms with van der Waals surface area (Å²) in [5, 5.41) is 10.2. The van der Waals surface area contributed by atoms with E-state index in [4.69, 9.17) is 45.9 Å². The Morgan fingerprint density at radius 3 is 2.38 bits per heavy atom. The molecule has 2 aromatic rings. The normalized spacial score (nSPS) is 15.9. The molecule has 34 heavy (non-hydrogen) atoms. The van der Waals surface area contributed by atoms with Crippen LogP contribution in [-0.4, -0.2) is 50.1 Å². The number of nitrogen functional groups attached to an aromatic ring is 1. The Bertz CT molecular complexity index is 1220. The molecule has 0 radical (unpaired) electrons. The number of nitrogens with zero attached hydrogens (tertiary/aromatic N) is 1. The lowest BCUT2D eigenvalue weighted by atomic mass is 10.1. The molecule has 182 valence electrons. The summed E-state index contributed by atoms with van der Waals surface area (Å²) in [6.45, 7) is 0.0205. The van der Waals surface area contributed by atoms with Gasteiger partial charge in [0, 0.05) is 18.7 Å². The number of halogens is 3. The fourth-order valence-corrected chi connectivity index (χ4v) is 5.47. The third-order valence-corrected chi connectivity index (χ3v) is 7.87. The van der Waals surface area contributed by atoms with E-state index in [-0.39, 0.29) is 38.3 Å². The summed E-state index contributed by atoms with van der Waals surface area (Å²) in [6.07, 6.45) is 1.08. The first-order valence-corrected chi connectivity index (χ1v) is 12.8. The predicted molar refractivity (Wildman–Crippen MR) is 131 cm³/mol. The fraction of sp³-hybridized carbons (Fsp3) is 0.286. The van der Waals surface area contributed by atoms with E-state index in [1.165, 1.54) is 11.0 Å². The van der Waals surface area contributed by atoms with Crippen LogP contribution in [0.4, 0.5) is 0 Å².